The van der Waals surface area contributed by atoms with Crippen molar-refractivity contribution in [1.82, 2.24) is 4.90 Å². The maximum atomic E-state index is 13.3. The van der Waals surface area contributed by atoms with Crippen LogP contribution in [0.25, 0.3) is 0 Å². The third-order valence-corrected chi connectivity index (χ3v) is 4.14. The van der Waals surface area contributed by atoms with Gasteiger partial charge >= 0.3 is 12.3 Å². The standard InChI is InChI=1S/C17H21F3N2O4/c1-16(2,3)26-15(23)21-8-6-11(7-9-21)13-5-4-12(22(24)25)10-14(13)17(18,19)20/h4-5,10-11H,6-9H2,1-3H3. The Kier molecular flexibility index (Phi) is 5.48. The Morgan fingerprint density at radius 2 is 1.81 bits per heavy atom. The molecule has 0 radical (unpaired) electrons. The van der Waals surface area contributed by atoms with E-state index < -0.39 is 40.0 Å². The molecule has 0 spiro atoms. The van der Waals surface area contributed by atoms with Gasteiger partial charge in [-0.2, -0.15) is 13.2 Å². The summed E-state index contributed by atoms with van der Waals surface area (Å²) in [5.74, 6) is -0.425. The van der Waals surface area contributed by atoms with E-state index in [4.69, 9.17) is 4.74 Å². The van der Waals surface area contributed by atoms with Gasteiger partial charge in [0, 0.05) is 25.2 Å². The van der Waals surface area contributed by atoms with E-state index in [1.165, 1.54) is 11.0 Å². The molecule has 1 aromatic carbocycles. The highest BCUT2D eigenvalue weighted by Gasteiger charge is 2.38. The predicted octanol–water partition coefficient (Wildman–Crippen LogP) is 4.73. The van der Waals surface area contributed by atoms with Gasteiger partial charge in [-0.25, -0.2) is 4.79 Å². The Hall–Kier alpha value is -2.32. The molecular formula is C17H21F3N2O4. The first-order chi connectivity index (χ1) is 11.9. The topological polar surface area (TPSA) is 72.7 Å². The van der Waals surface area contributed by atoms with Gasteiger partial charge in [0.05, 0.1) is 10.5 Å². The van der Waals surface area contributed by atoms with Crippen molar-refractivity contribution in [3.63, 3.8) is 0 Å². The van der Waals surface area contributed by atoms with Gasteiger partial charge in [0.25, 0.3) is 5.69 Å². The van der Waals surface area contributed by atoms with Crippen molar-refractivity contribution in [2.75, 3.05) is 13.1 Å². The second kappa shape index (κ2) is 7.13. The molecular weight excluding hydrogens is 353 g/mol. The number of amides is 1. The number of halogens is 3. The third-order valence-electron chi connectivity index (χ3n) is 4.14. The minimum absolute atomic E-state index is 0.0342. The van der Waals surface area contributed by atoms with Gasteiger partial charge < -0.3 is 9.64 Å². The number of nitrogens with zero attached hydrogens (tertiary/aromatic N) is 2. The second-order valence-electron chi connectivity index (χ2n) is 7.27. The average Bonchev–Trinajstić information content (AvgIpc) is 2.52. The summed E-state index contributed by atoms with van der Waals surface area (Å²) in [5.41, 5.74) is -2.18. The van der Waals surface area contributed by atoms with E-state index in [0.717, 1.165) is 6.07 Å². The monoisotopic (exact) mass is 374 g/mol. The largest absolute Gasteiger partial charge is 0.444 e. The number of nitro benzene ring substituents is 1. The number of ether oxygens (including phenoxy) is 1. The highest BCUT2D eigenvalue weighted by atomic mass is 19.4. The Morgan fingerprint density at radius 3 is 2.27 bits per heavy atom. The van der Waals surface area contributed by atoms with Gasteiger partial charge in [-0.1, -0.05) is 6.07 Å². The summed E-state index contributed by atoms with van der Waals surface area (Å²) >= 11 is 0. The fourth-order valence-corrected chi connectivity index (χ4v) is 2.96. The summed E-state index contributed by atoms with van der Waals surface area (Å²) in [6.45, 7) is 5.76. The number of carbonyl (C=O) groups is 1. The summed E-state index contributed by atoms with van der Waals surface area (Å²) in [7, 11) is 0. The fraction of sp³-hybridized carbons (Fsp3) is 0.588. The van der Waals surface area contributed by atoms with Crippen LogP contribution < -0.4 is 0 Å². The van der Waals surface area contributed by atoms with E-state index >= 15 is 0 Å². The molecule has 6 nitrogen and oxygen atoms in total. The number of nitro groups is 1. The van der Waals surface area contributed by atoms with Gasteiger partial charge in [-0.05, 0) is 45.1 Å². The molecule has 26 heavy (non-hydrogen) atoms. The highest BCUT2D eigenvalue weighted by molar-refractivity contribution is 5.68. The third kappa shape index (κ3) is 4.86. The molecule has 1 amide bonds. The molecule has 0 bridgehead atoms. The number of carbonyl (C=O) groups excluding carboxylic acids is 1. The van der Waals surface area contributed by atoms with Crippen LogP contribution in [0.4, 0.5) is 23.7 Å². The van der Waals surface area contributed by atoms with Crippen molar-refractivity contribution in [3.05, 3.63) is 39.4 Å². The van der Waals surface area contributed by atoms with Crippen LogP contribution in [0.15, 0.2) is 18.2 Å². The molecule has 1 aliphatic rings. The summed E-state index contributed by atoms with van der Waals surface area (Å²) in [6, 6.07) is 2.84. The van der Waals surface area contributed by atoms with Gasteiger partial charge in [-0.3, -0.25) is 10.1 Å². The Labute approximate surface area is 149 Å². The first kappa shape index (κ1) is 20.0. The molecule has 1 fully saturated rings. The van der Waals surface area contributed by atoms with Crippen LogP contribution in [-0.2, 0) is 10.9 Å². The maximum absolute atomic E-state index is 13.3. The zero-order valence-corrected chi connectivity index (χ0v) is 14.8. The van der Waals surface area contributed by atoms with Crippen molar-refractivity contribution < 1.29 is 27.6 Å². The summed E-state index contributed by atoms with van der Waals surface area (Å²) in [4.78, 5) is 23.5. The number of alkyl halides is 3. The Bertz CT molecular complexity index is 690. The van der Waals surface area contributed by atoms with E-state index in [1.807, 2.05) is 0 Å². The molecule has 0 unspecified atom stereocenters. The van der Waals surface area contributed by atoms with E-state index in [-0.39, 0.29) is 18.7 Å². The van der Waals surface area contributed by atoms with Crippen molar-refractivity contribution >= 4 is 11.8 Å². The quantitative estimate of drug-likeness (QED) is 0.554. The number of benzene rings is 1. The van der Waals surface area contributed by atoms with E-state index in [2.05, 4.69) is 0 Å². The van der Waals surface area contributed by atoms with Gasteiger partial charge in [0.15, 0.2) is 0 Å². The lowest BCUT2D eigenvalue weighted by Gasteiger charge is -2.34. The number of likely N-dealkylation sites (tertiary alicyclic amines) is 1. The fourth-order valence-electron chi connectivity index (χ4n) is 2.96. The van der Waals surface area contributed by atoms with Crippen LogP contribution in [0.1, 0.15) is 50.7 Å². The van der Waals surface area contributed by atoms with Crippen LogP contribution in [0, 0.1) is 10.1 Å². The number of non-ortho nitro benzene ring substituents is 1. The van der Waals surface area contributed by atoms with Crippen molar-refractivity contribution in [2.24, 2.45) is 0 Å². The zero-order chi connectivity index (χ0) is 19.7. The minimum atomic E-state index is -4.68. The molecule has 1 aromatic rings. The summed E-state index contributed by atoms with van der Waals surface area (Å²) < 4.78 is 45.3. The van der Waals surface area contributed by atoms with Crippen LogP contribution in [0.3, 0.4) is 0 Å². The molecule has 1 aliphatic heterocycles. The van der Waals surface area contributed by atoms with Gasteiger partial charge in [0.1, 0.15) is 5.60 Å². The molecule has 0 aromatic heterocycles. The van der Waals surface area contributed by atoms with Gasteiger partial charge in [0.2, 0.25) is 0 Å². The molecule has 144 valence electrons. The number of piperidine rings is 1. The van der Waals surface area contributed by atoms with E-state index in [0.29, 0.717) is 18.9 Å². The van der Waals surface area contributed by atoms with Crippen molar-refractivity contribution in [3.8, 4) is 0 Å². The van der Waals surface area contributed by atoms with Crippen LogP contribution in [-0.4, -0.2) is 34.6 Å². The zero-order valence-electron chi connectivity index (χ0n) is 14.8. The van der Waals surface area contributed by atoms with Crippen LogP contribution >= 0.6 is 0 Å². The number of hydrogen-bond donors (Lipinski definition) is 0. The van der Waals surface area contributed by atoms with E-state index in [1.54, 1.807) is 20.8 Å². The van der Waals surface area contributed by atoms with E-state index in [9.17, 15) is 28.1 Å². The molecule has 2 rings (SSSR count). The Morgan fingerprint density at radius 1 is 1.23 bits per heavy atom. The Balaban J connectivity index is 2.16. The van der Waals surface area contributed by atoms with Gasteiger partial charge in [-0.15, -0.1) is 0 Å². The van der Waals surface area contributed by atoms with Crippen LogP contribution in [0.2, 0.25) is 0 Å². The average molecular weight is 374 g/mol. The lowest BCUT2D eigenvalue weighted by Crippen LogP contribution is -2.41. The molecule has 0 atom stereocenters. The van der Waals surface area contributed by atoms with Crippen molar-refractivity contribution in [2.45, 2.75) is 51.3 Å². The number of rotatable bonds is 2. The first-order valence-electron chi connectivity index (χ1n) is 8.22. The smallest absolute Gasteiger partial charge is 0.416 e. The molecule has 1 saturated heterocycles. The SMILES string of the molecule is CC(C)(C)OC(=O)N1CCC(c2ccc([N+](=O)[O-])cc2C(F)(F)F)CC1. The highest BCUT2D eigenvalue weighted by Crippen LogP contribution is 2.40. The normalized spacial score (nSPS) is 16.5. The maximum Gasteiger partial charge on any atom is 0.416 e. The summed E-state index contributed by atoms with van der Waals surface area (Å²) in [5, 5.41) is 10.8. The summed E-state index contributed by atoms with van der Waals surface area (Å²) in [6.07, 6.45) is -4.50. The predicted molar refractivity (Wildman–Crippen MR) is 87.9 cm³/mol. The molecule has 9 heteroatoms. The van der Waals surface area contributed by atoms with Crippen molar-refractivity contribution in [1.29, 1.82) is 0 Å². The molecule has 0 N–H and O–H groups in total. The number of hydrogen-bond acceptors (Lipinski definition) is 4. The second-order valence-corrected chi connectivity index (χ2v) is 7.27. The molecule has 0 saturated carbocycles. The lowest BCUT2D eigenvalue weighted by molar-refractivity contribution is -0.385. The molecule has 0 aliphatic carbocycles. The molecule has 1 heterocycles. The first-order valence-corrected chi connectivity index (χ1v) is 8.22. The van der Waals surface area contributed by atoms with Crippen LogP contribution in [0.5, 0.6) is 0 Å². The lowest BCUT2D eigenvalue weighted by atomic mass is 9.86. The minimum Gasteiger partial charge on any atom is -0.444 e.